The molecule has 4 aromatic rings. The number of nitrogens with zero attached hydrogens (tertiary/aromatic N) is 3. The van der Waals surface area contributed by atoms with Crippen molar-refractivity contribution in [3.05, 3.63) is 133 Å². The van der Waals surface area contributed by atoms with Gasteiger partial charge in [-0.1, -0.05) is 83.3 Å². The fourth-order valence-corrected chi connectivity index (χ4v) is 9.87. The van der Waals surface area contributed by atoms with Gasteiger partial charge in [-0.15, -0.1) is 0 Å². The van der Waals surface area contributed by atoms with Gasteiger partial charge >= 0.3 is 6.09 Å². The van der Waals surface area contributed by atoms with Crippen molar-refractivity contribution >= 4 is 62.2 Å². The lowest BCUT2D eigenvalue weighted by Gasteiger charge is -2.47. The summed E-state index contributed by atoms with van der Waals surface area (Å²) in [6.07, 6.45) is 1.53. The Bertz CT molecular complexity index is 2380. The number of hydrogen-bond donors (Lipinski definition) is 2. The summed E-state index contributed by atoms with van der Waals surface area (Å²) in [5, 5.41) is 17.6. The van der Waals surface area contributed by atoms with Crippen LogP contribution in [0.3, 0.4) is 0 Å². The zero-order valence-corrected chi connectivity index (χ0v) is 34.3. The van der Waals surface area contributed by atoms with E-state index in [1.54, 1.807) is 35.2 Å². The standard InChI is InChI=1S/C41H38Cl3F2N3O9S/c42-32-8-2-6-27(37(32)43)20-47(28-13-14-28)40(50)36-31(26-11-9-24(10-12-26)5-3-17-56-39-34(46)16-15-33(45)38(39)44)19-29-22-59(54,55)23-35(36)48(29)41(51)58-30-7-1-4-25(18-30)21-57-49(52)53/h1-2,4,6-12,15-16,18,28-29,35,52-53H,3,5,13-14,17,19-23H2. The van der Waals surface area contributed by atoms with E-state index in [0.717, 1.165) is 17.7 Å². The molecule has 7 rings (SSSR count). The van der Waals surface area contributed by atoms with Crippen LogP contribution in [0.1, 0.15) is 47.9 Å². The van der Waals surface area contributed by atoms with E-state index in [2.05, 4.69) is 4.84 Å². The van der Waals surface area contributed by atoms with Crippen molar-refractivity contribution in [3.63, 3.8) is 0 Å². The van der Waals surface area contributed by atoms with E-state index in [1.807, 2.05) is 24.3 Å². The van der Waals surface area contributed by atoms with Crippen molar-refractivity contribution in [3.8, 4) is 11.5 Å². The quantitative estimate of drug-likeness (QED) is 0.0719. The Morgan fingerprint density at radius 3 is 2.34 bits per heavy atom. The molecule has 3 aliphatic rings. The first-order chi connectivity index (χ1) is 28.2. The zero-order chi connectivity index (χ0) is 42.0. The van der Waals surface area contributed by atoms with Crippen LogP contribution in [0.25, 0.3) is 5.57 Å². The van der Waals surface area contributed by atoms with E-state index in [-0.39, 0.29) is 55.0 Å². The summed E-state index contributed by atoms with van der Waals surface area (Å²) in [5.74, 6) is -3.16. The van der Waals surface area contributed by atoms with Gasteiger partial charge in [0.05, 0.1) is 52.2 Å². The Balaban J connectivity index is 1.20. The molecular weight excluding hydrogens is 855 g/mol. The molecule has 2 bridgehead atoms. The molecule has 59 heavy (non-hydrogen) atoms. The first-order valence-electron chi connectivity index (χ1n) is 18.6. The molecule has 12 nitrogen and oxygen atoms in total. The van der Waals surface area contributed by atoms with E-state index < -0.39 is 61.7 Å². The van der Waals surface area contributed by atoms with Crippen molar-refractivity contribution in [2.45, 2.75) is 63.4 Å². The van der Waals surface area contributed by atoms with E-state index >= 15 is 4.79 Å². The molecule has 0 aromatic heterocycles. The molecule has 18 heteroatoms. The second kappa shape index (κ2) is 18.1. The van der Waals surface area contributed by atoms with E-state index in [0.29, 0.717) is 58.0 Å². The molecule has 0 radical (unpaired) electrons. The summed E-state index contributed by atoms with van der Waals surface area (Å²) in [5.41, 5.74) is 3.32. The van der Waals surface area contributed by atoms with Crippen LogP contribution in [0.15, 0.2) is 84.4 Å². The second-order valence-corrected chi connectivity index (χ2v) is 17.8. The molecule has 312 valence electrons. The number of ether oxygens (including phenoxy) is 2. The first-order valence-corrected chi connectivity index (χ1v) is 21.6. The van der Waals surface area contributed by atoms with Crippen LogP contribution in [0.5, 0.6) is 11.5 Å². The van der Waals surface area contributed by atoms with Gasteiger partial charge in [-0.05, 0) is 90.3 Å². The van der Waals surface area contributed by atoms with Gasteiger partial charge < -0.3 is 14.4 Å². The fourth-order valence-electron chi connectivity index (χ4n) is 7.47. The number of rotatable bonds is 14. The van der Waals surface area contributed by atoms with Gasteiger partial charge in [-0.3, -0.25) is 20.1 Å². The molecule has 1 aliphatic carbocycles. The van der Waals surface area contributed by atoms with Crippen molar-refractivity contribution in [2.24, 2.45) is 0 Å². The molecule has 2 amide bonds. The number of carbonyl (C=O) groups is 2. The lowest BCUT2D eigenvalue weighted by molar-refractivity contribution is -0.497. The topological polar surface area (TPSA) is 146 Å². The third kappa shape index (κ3) is 10.0. The highest BCUT2D eigenvalue weighted by Crippen LogP contribution is 2.43. The number of carbonyl (C=O) groups excluding carboxylic acids is 2. The van der Waals surface area contributed by atoms with Crippen LogP contribution >= 0.6 is 34.8 Å². The monoisotopic (exact) mass is 891 g/mol. The Morgan fingerprint density at radius 1 is 0.881 bits per heavy atom. The highest BCUT2D eigenvalue weighted by Gasteiger charge is 2.51. The SMILES string of the molecule is O=C(C1=C(c2ccc(CCCOc3c(F)ccc(F)c3Cl)cc2)CC2CS(=O)(=O)CC1N2C(=O)Oc1cccc(CON(O)O)c1)N(Cc1cccc(Cl)c1Cl)C1CC1. The molecular formula is C41H38Cl3F2N3O9S. The molecule has 2 aliphatic heterocycles. The molecule has 2 unspecified atom stereocenters. The lowest BCUT2D eigenvalue weighted by Crippen LogP contribution is -2.62. The maximum Gasteiger partial charge on any atom is 0.416 e. The molecule has 2 heterocycles. The summed E-state index contributed by atoms with van der Waals surface area (Å²) in [6, 6.07) is 18.3. The summed E-state index contributed by atoms with van der Waals surface area (Å²) >= 11 is 18.8. The largest absolute Gasteiger partial charge is 0.489 e. The number of sulfone groups is 1. The van der Waals surface area contributed by atoms with Crippen molar-refractivity contribution in [1.82, 2.24) is 15.2 Å². The molecule has 1 saturated carbocycles. The number of fused-ring (bicyclic) bond motifs is 2. The highest BCUT2D eigenvalue weighted by atomic mass is 35.5. The fraction of sp³-hybridized carbons (Fsp3) is 0.317. The molecule has 2 N–H and O–H groups in total. The minimum absolute atomic E-state index is 0.0200. The zero-order valence-electron chi connectivity index (χ0n) is 31.2. The molecule has 0 spiro atoms. The van der Waals surface area contributed by atoms with Gasteiger partial charge in [0.25, 0.3) is 5.91 Å². The third-order valence-corrected chi connectivity index (χ3v) is 13.3. The van der Waals surface area contributed by atoms with Gasteiger partial charge in [0.15, 0.2) is 21.4 Å². The minimum atomic E-state index is -3.75. The number of aryl methyl sites for hydroxylation is 1. The van der Waals surface area contributed by atoms with E-state index in [9.17, 15) is 22.0 Å². The Hall–Kier alpha value is -4.32. The van der Waals surface area contributed by atoms with Crippen LogP contribution in [0.4, 0.5) is 13.6 Å². The predicted octanol–water partition coefficient (Wildman–Crippen LogP) is 8.46. The Kier molecular flexibility index (Phi) is 13.1. The summed E-state index contributed by atoms with van der Waals surface area (Å²) in [6.45, 7) is -0.113. The molecule has 1 saturated heterocycles. The normalized spacial score (nSPS) is 18.5. The Morgan fingerprint density at radius 2 is 1.61 bits per heavy atom. The van der Waals surface area contributed by atoms with Crippen LogP contribution in [-0.2, 0) is 39.0 Å². The van der Waals surface area contributed by atoms with Crippen molar-refractivity contribution in [1.29, 1.82) is 0 Å². The van der Waals surface area contributed by atoms with E-state index in [4.69, 9.17) is 54.7 Å². The molecule has 2 fully saturated rings. The van der Waals surface area contributed by atoms with Crippen LogP contribution < -0.4 is 9.47 Å². The summed E-state index contributed by atoms with van der Waals surface area (Å²) in [7, 11) is -3.75. The number of amides is 2. The third-order valence-electron chi connectivity index (χ3n) is 10.4. The Labute approximate surface area is 353 Å². The van der Waals surface area contributed by atoms with Gasteiger partial charge in [-0.25, -0.2) is 26.8 Å². The van der Waals surface area contributed by atoms with Gasteiger partial charge in [0, 0.05) is 18.2 Å². The van der Waals surface area contributed by atoms with Gasteiger partial charge in [0.2, 0.25) is 0 Å². The van der Waals surface area contributed by atoms with Crippen molar-refractivity contribution < 1.29 is 51.5 Å². The highest BCUT2D eigenvalue weighted by molar-refractivity contribution is 7.91. The average Bonchev–Trinajstić information content (AvgIpc) is 4.04. The van der Waals surface area contributed by atoms with Gasteiger partial charge in [-0.2, -0.15) is 0 Å². The second-order valence-electron chi connectivity index (χ2n) is 14.5. The van der Waals surface area contributed by atoms with Crippen LogP contribution in [0, 0.1) is 11.6 Å². The maximum absolute atomic E-state index is 15.1. The number of halogens is 5. The van der Waals surface area contributed by atoms with Crippen LogP contribution in [-0.4, -0.2) is 82.3 Å². The smallest absolute Gasteiger partial charge is 0.416 e. The lowest BCUT2D eigenvalue weighted by atomic mass is 9.84. The van der Waals surface area contributed by atoms with Gasteiger partial charge in [0.1, 0.15) is 16.6 Å². The van der Waals surface area contributed by atoms with Crippen LogP contribution in [0.2, 0.25) is 15.1 Å². The first kappa shape index (κ1) is 42.8. The number of benzene rings is 4. The molecule has 2 atom stereocenters. The summed E-state index contributed by atoms with van der Waals surface area (Å²) in [4.78, 5) is 36.9. The van der Waals surface area contributed by atoms with E-state index in [1.165, 1.54) is 17.0 Å². The average molecular weight is 893 g/mol. The number of hydrogen-bond acceptors (Lipinski definition) is 10. The predicted molar refractivity (Wildman–Crippen MR) is 214 cm³/mol. The molecule has 4 aromatic carbocycles. The summed E-state index contributed by atoms with van der Waals surface area (Å²) < 4.78 is 66.3. The minimum Gasteiger partial charge on any atom is -0.489 e. The maximum atomic E-state index is 15.1. The van der Waals surface area contributed by atoms with Crippen molar-refractivity contribution in [2.75, 3.05) is 18.1 Å².